The largest absolute Gasteiger partial charge is 0.508 e. The second-order valence-electron chi connectivity index (χ2n) is 5.36. The molecule has 3 N–H and O–H groups in total. The Morgan fingerprint density at radius 3 is 2.89 bits per heavy atom. The molecule has 0 spiro atoms. The summed E-state index contributed by atoms with van der Waals surface area (Å²) in [6.45, 7) is 7.60. The summed E-state index contributed by atoms with van der Waals surface area (Å²) in [5.41, 5.74) is 0.839. The number of phenols is 2. The van der Waals surface area contributed by atoms with E-state index in [1.165, 1.54) is 25.5 Å². The van der Waals surface area contributed by atoms with E-state index >= 15 is 0 Å². The fourth-order valence-electron chi connectivity index (χ4n) is 2.82. The lowest BCUT2D eigenvalue weighted by Crippen LogP contribution is -2.46. The maximum atomic E-state index is 9.88. The second kappa shape index (κ2) is 6.26. The van der Waals surface area contributed by atoms with E-state index in [4.69, 9.17) is 0 Å². The minimum absolute atomic E-state index is 0.0856. The fraction of sp³-hybridized carbons (Fsp3) is 0.600. The van der Waals surface area contributed by atoms with Crippen LogP contribution < -0.4 is 5.32 Å². The Hall–Kier alpha value is -1.26. The molecule has 106 valence electrons. The molecule has 0 saturated carbocycles. The van der Waals surface area contributed by atoms with Gasteiger partial charge in [0.05, 0.1) is 0 Å². The van der Waals surface area contributed by atoms with Crippen LogP contribution in [0.2, 0.25) is 0 Å². The van der Waals surface area contributed by atoms with Crippen molar-refractivity contribution in [1.29, 1.82) is 0 Å². The molecule has 1 aromatic carbocycles. The first kappa shape index (κ1) is 14.2. The van der Waals surface area contributed by atoms with Crippen LogP contribution in [0.4, 0.5) is 0 Å². The van der Waals surface area contributed by atoms with Gasteiger partial charge in [-0.1, -0.05) is 13.0 Å². The minimum Gasteiger partial charge on any atom is -0.508 e. The molecule has 0 bridgehead atoms. The van der Waals surface area contributed by atoms with E-state index in [2.05, 4.69) is 24.1 Å². The van der Waals surface area contributed by atoms with E-state index in [1.807, 2.05) is 0 Å². The van der Waals surface area contributed by atoms with Crippen molar-refractivity contribution in [1.82, 2.24) is 10.2 Å². The van der Waals surface area contributed by atoms with Gasteiger partial charge in [0.15, 0.2) is 0 Å². The van der Waals surface area contributed by atoms with Crippen molar-refractivity contribution in [3.63, 3.8) is 0 Å². The molecule has 4 nitrogen and oxygen atoms in total. The van der Waals surface area contributed by atoms with Crippen LogP contribution in [0, 0.1) is 0 Å². The van der Waals surface area contributed by atoms with Gasteiger partial charge >= 0.3 is 0 Å². The number of likely N-dealkylation sites (N-methyl/N-ethyl adjacent to an activating group) is 1. The van der Waals surface area contributed by atoms with Crippen molar-refractivity contribution in [2.75, 3.05) is 19.6 Å². The molecule has 0 aromatic heterocycles. The van der Waals surface area contributed by atoms with E-state index in [1.54, 1.807) is 12.1 Å². The van der Waals surface area contributed by atoms with Crippen LogP contribution in [0.3, 0.4) is 0 Å². The number of hydrogen-bond acceptors (Lipinski definition) is 4. The first-order valence-corrected chi connectivity index (χ1v) is 7.10. The molecule has 1 aliphatic heterocycles. The van der Waals surface area contributed by atoms with Crippen LogP contribution in [0.5, 0.6) is 11.5 Å². The monoisotopic (exact) mass is 264 g/mol. The quantitative estimate of drug-likeness (QED) is 0.780. The molecule has 0 radical (unpaired) electrons. The normalized spacial score (nSPS) is 22.3. The van der Waals surface area contributed by atoms with Gasteiger partial charge in [0.2, 0.25) is 0 Å². The Morgan fingerprint density at radius 2 is 2.21 bits per heavy atom. The number of benzene rings is 1. The summed E-state index contributed by atoms with van der Waals surface area (Å²) in [5.74, 6) is 0.256. The molecule has 4 heteroatoms. The van der Waals surface area contributed by atoms with Crippen molar-refractivity contribution >= 4 is 0 Å². The Bertz CT molecular complexity index is 423. The van der Waals surface area contributed by atoms with Crippen LogP contribution in [0.1, 0.15) is 38.3 Å². The van der Waals surface area contributed by atoms with Gasteiger partial charge in [0, 0.05) is 30.3 Å². The highest BCUT2D eigenvalue weighted by molar-refractivity contribution is 5.40. The van der Waals surface area contributed by atoms with Gasteiger partial charge in [-0.15, -0.1) is 0 Å². The highest BCUT2D eigenvalue weighted by Gasteiger charge is 2.21. The van der Waals surface area contributed by atoms with E-state index < -0.39 is 0 Å². The molecule has 1 fully saturated rings. The summed E-state index contributed by atoms with van der Waals surface area (Å²) in [6.07, 6.45) is 2.40. The summed E-state index contributed by atoms with van der Waals surface area (Å²) in [4.78, 5) is 2.45. The van der Waals surface area contributed by atoms with Crippen molar-refractivity contribution in [2.24, 2.45) is 0 Å². The SMILES string of the molecule is CCN1CCCC(NC(C)c2ccc(O)cc2O)C1. The summed E-state index contributed by atoms with van der Waals surface area (Å²) in [6, 6.07) is 5.35. The van der Waals surface area contributed by atoms with E-state index in [0.29, 0.717) is 6.04 Å². The van der Waals surface area contributed by atoms with Crippen LogP contribution >= 0.6 is 0 Å². The molecule has 2 rings (SSSR count). The van der Waals surface area contributed by atoms with Gasteiger partial charge in [-0.05, 0) is 38.9 Å². The summed E-state index contributed by atoms with van der Waals surface area (Å²) in [7, 11) is 0. The molecule has 2 unspecified atom stereocenters. The molecule has 0 aliphatic carbocycles. The zero-order valence-electron chi connectivity index (χ0n) is 11.8. The Morgan fingerprint density at radius 1 is 1.42 bits per heavy atom. The summed E-state index contributed by atoms with van der Waals surface area (Å²) < 4.78 is 0. The molecule has 1 aliphatic rings. The third-order valence-electron chi connectivity index (χ3n) is 3.92. The van der Waals surface area contributed by atoms with E-state index in [9.17, 15) is 10.2 Å². The van der Waals surface area contributed by atoms with Gasteiger partial charge in [-0.25, -0.2) is 0 Å². The van der Waals surface area contributed by atoms with Crippen LogP contribution in [-0.2, 0) is 0 Å². The van der Waals surface area contributed by atoms with Crippen LogP contribution in [-0.4, -0.2) is 40.8 Å². The van der Waals surface area contributed by atoms with Crippen molar-refractivity contribution < 1.29 is 10.2 Å². The van der Waals surface area contributed by atoms with E-state index in [-0.39, 0.29) is 17.5 Å². The molecular formula is C15H24N2O2. The van der Waals surface area contributed by atoms with Gasteiger partial charge in [-0.2, -0.15) is 0 Å². The third-order valence-corrected chi connectivity index (χ3v) is 3.92. The zero-order chi connectivity index (χ0) is 13.8. The first-order valence-electron chi connectivity index (χ1n) is 7.10. The predicted octanol–water partition coefficient (Wildman–Crippen LogP) is 2.23. The Kier molecular flexibility index (Phi) is 4.66. The number of rotatable bonds is 4. The van der Waals surface area contributed by atoms with Crippen molar-refractivity contribution in [2.45, 2.75) is 38.8 Å². The number of phenolic OH excluding ortho intramolecular Hbond substituents is 2. The summed E-state index contributed by atoms with van der Waals surface area (Å²) >= 11 is 0. The average molecular weight is 264 g/mol. The lowest BCUT2D eigenvalue weighted by atomic mass is 10.0. The zero-order valence-corrected chi connectivity index (χ0v) is 11.8. The number of hydrogen-bond donors (Lipinski definition) is 3. The lowest BCUT2D eigenvalue weighted by molar-refractivity contribution is 0.192. The third kappa shape index (κ3) is 3.61. The molecule has 1 saturated heterocycles. The van der Waals surface area contributed by atoms with Gasteiger partial charge in [-0.3, -0.25) is 0 Å². The smallest absolute Gasteiger partial charge is 0.124 e. The number of likely N-dealkylation sites (tertiary alicyclic amines) is 1. The maximum absolute atomic E-state index is 9.88. The van der Waals surface area contributed by atoms with Crippen LogP contribution in [0.15, 0.2) is 18.2 Å². The van der Waals surface area contributed by atoms with Crippen molar-refractivity contribution in [3.8, 4) is 11.5 Å². The first-order chi connectivity index (χ1) is 9.10. The Balaban J connectivity index is 1.98. The number of piperidine rings is 1. The topological polar surface area (TPSA) is 55.7 Å². The molecule has 1 heterocycles. The standard InChI is InChI=1S/C15H24N2O2/c1-3-17-8-4-5-12(10-17)16-11(2)14-7-6-13(18)9-15(14)19/h6-7,9,11-12,16,18-19H,3-5,8,10H2,1-2H3. The van der Waals surface area contributed by atoms with Gasteiger partial charge < -0.3 is 20.4 Å². The van der Waals surface area contributed by atoms with E-state index in [0.717, 1.165) is 18.7 Å². The highest BCUT2D eigenvalue weighted by Crippen LogP contribution is 2.28. The number of nitrogens with zero attached hydrogens (tertiary/aromatic N) is 1. The predicted molar refractivity (Wildman–Crippen MR) is 76.5 cm³/mol. The molecule has 1 aromatic rings. The lowest BCUT2D eigenvalue weighted by Gasteiger charge is -2.34. The Labute approximate surface area is 115 Å². The average Bonchev–Trinajstić information content (AvgIpc) is 2.38. The van der Waals surface area contributed by atoms with Gasteiger partial charge in [0.1, 0.15) is 11.5 Å². The maximum Gasteiger partial charge on any atom is 0.124 e. The minimum atomic E-state index is 0.0856. The fourth-order valence-corrected chi connectivity index (χ4v) is 2.82. The van der Waals surface area contributed by atoms with Gasteiger partial charge in [0.25, 0.3) is 0 Å². The van der Waals surface area contributed by atoms with Crippen molar-refractivity contribution in [3.05, 3.63) is 23.8 Å². The molecular weight excluding hydrogens is 240 g/mol. The number of aromatic hydroxyl groups is 2. The summed E-state index contributed by atoms with van der Waals surface area (Å²) in [5, 5.41) is 22.8. The van der Waals surface area contributed by atoms with Crippen LogP contribution in [0.25, 0.3) is 0 Å². The molecule has 19 heavy (non-hydrogen) atoms. The molecule has 0 amide bonds. The highest BCUT2D eigenvalue weighted by atomic mass is 16.3. The molecule has 2 atom stereocenters. The second-order valence-corrected chi connectivity index (χ2v) is 5.36. The number of nitrogens with one attached hydrogen (secondary N) is 1.